The fourth-order valence-corrected chi connectivity index (χ4v) is 4.17. The Morgan fingerprint density at radius 1 is 1.00 bits per heavy atom. The first-order chi connectivity index (χ1) is 15.9. The molecule has 0 aliphatic rings. The number of aromatic nitrogens is 3. The number of nitrogens with zero attached hydrogens (tertiary/aromatic N) is 3. The minimum atomic E-state index is -4.34. The predicted octanol–water partition coefficient (Wildman–Crippen LogP) is 5.25. The molecule has 12 heteroatoms. The highest BCUT2D eigenvalue weighted by atomic mass is 32.2. The van der Waals surface area contributed by atoms with E-state index in [-0.39, 0.29) is 23.3 Å². The van der Waals surface area contributed by atoms with Crippen LogP contribution in [-0.2, 0) is 22.7 Å². The lowest BCUT2D eigenvalue weighted by atomic mass is 10.2. The molecular weight excluding hydrogens is 491 g/mol. The molecule has 7 nitrogen and oxygen atoms in total. The van der Waals surface area contributed by atoms with Crippen LogP contribution >= 0.6 is 23.5 Å². The maximum atomic E-state index is 12.4. The number of benzene rings is 2. The first-order valence-electron chi connectivity index (χ1n) is 9.84. The molecule has 1 N–H and O–H groups in total. The highest BCUT2D eigenvalue weighted by molar-refractivity contribution is 8.01. The second-order valence-corrected chi connectivity index (χ2v) is 10.5. The molecule has 34 heavy (non-hydrogen) atoms. The van der Waals surface area contributed by atoms with Gasteiger partial charge in [-0.1, -0.05) is 17.3 Å². The lowest BCUT2D eigenvalue weighted by Gasteiger charge is -2.18. The normalized spacial score (nSPS) is 11.9. The molecule has 0 saturated heterocycles. The van der Waals surface area contributed by atoms with Gasteiger partial charge in [-0.15, -0.1) is 16.9 Å². The number of ether oxygens (including phenoxy) is 1. The Balaban J connectivity index is 1.51. The first-order valence-corrected chi connectivity index (χ1v) is 11.5. The first kappa shape index (κ1) is 25.6. The molecule has 0 spiro atoms. The third kappa shape index (κ3) is 7.52. The number of esters is 1. The molecule has 3 aromatic rings. The van der Waals surface area contributed by atoms with Crippen molar-refractivity contribution in [1.29, 1.82) is 0 Å². The molecule has 0 radical (unpaired) electrons. The lowest BCUT2D eigenvalue weighted by molar-refractivity contribution is -0.138. The van der Waals surface area contributed by atoms with Gasteiger partial charge in [0.25, 0.3) is 0 Å². The summed E-state index contributed by atoms with van der Waals surface area (Å²) in [5.41, 5.74) is -2.88. The van der Waals surface area contributed by atoms with Crippen molar-refractivity contribution in [3.63, 3.8) is 0 Å². The van der Waals surface area contributed by atoms with Crippen molar-refractivity contribution in [1.82, 2.24) is 15.0 Å². The van der Waals surface area contributed by atoms with Crippen LogP contribution in [0.15, 0.2) is 64.5 Å². The number of carboxylic acid groups (broad SMARTS) is 1. The fraction of sp³-hybridized carbons (Fsp3) is 0.273. The topological polar surface area (TPSA) is 94.3 Å². The Bertz CT molecular complexity index is 1150. The minimum Gasteiger partial charge on any atom is -0.480 e. The van der Waals surface area contributed by atoms with E-state index in [2.05, 4.69) is 10.3 Å². The lowest BCUT2D eigenvalue weighted by Crippen LogP contribution is -2.26. The Kier molecular flexibility index (Phi) is 7.93. The van der Waals surface area contributed by atoms with E-state index in [0.29, 0.717) is 22.7 Å². The van der Waals surface area contributed by atoms with Gasteiger partial charge in [-0.2, -0.15) is 13.2 Å². The van der Waals surface area contributed by atoms with Crippen molar-refractivity contribution in [3.8, 4) is 0 Å². The molecule has 0 amide bonds. The van der Waals surface area contributed by atoms with Gasteiger partial charge >= 0.3 is 17.4 Å². The average molecular weight is 512 g/mol. The molecule has 0 bridgehead atoms. The van der Waals surface area contributed by atoms with E-state index >= 15 is 0 Å². The van der Waals surface area contributed by atoms with Gasteiger partial charge in [-0.05, 0) is 67.6 Å². The zero-order valence-electron chi connectivity index (χ0n) is 18.1. The molecule has 180 valence electrons. The van der Waals surface area contributed by atoms with Gasteiger partial charge in [0.2, 0.25) is 0 Å². The summed E-state index contributed by atoms with van der Waals surface area (Å²) in [6.45, 7) is 3.38. The molecule has 0 unspecified atom stereocenters. The van der Waals surface area contributed by atoms with E-state index in [1.807, 2.05) is 0 Å². The smallest absolute Gasteiger partial charge is 0.446 e. The molecule has 0 aliphatic carbocycles. The maximum absolute atomic E-state index is 12.4. The second-order valence-electron chi connectivity index (χ2n) is 7.62. The molecule has 0 fully saturated rings. The summed E-state index contributed by atoms with van der Waals surface area (Å²) in [5.74, 6) is -1.51. The molecule has 1 heterocycles. The summed E-state index contributed by atoms with van der Waals surface area (Å²) < 4.78 is 43.0. The number of aliphatic carboxylic acids is 1. The highest BCUT2D eigenvalue weighted by Crippen LogP contribution is 2.36. The van der Waals surface area contributed by atoms with Gasteiger partial charge in [0.15, 0.2) is 0 Å². The third-order valence-electron chi connectivity index (χ3n) is 4.42. The van der Waals surface area contributed by atoms with Crippen LogP contribution in [0.1, 0.15) is 35.5 Å². The number of thioether (sulfide) groups is 2. The van der Waals surface area contributed by atoms with Crippen molar-refractivity contribution >= 4 is 35.5 Å². The van der Waals surface area contributed by atoms with Crippen LogP contribution in [0, 0.1) is 0 Å². The number of carboxylic acids is 1. The standard InChI is InChI=1S/C22H20F3N3O4S2/c1-21(2,20(30)31)33-17-9-5-15(6-10-17)19(29)32-13-16-12-28(27-26-16)11-14-3-7-18(8-4-14)34-22(23,24)25/h3-10,12H,11,13H2,1-2H3,(H,30,31). The van der Waals surface area contributed by atoms with Gasteiger partial charge in [-0.25, -0.2) is 9.48 Å². The number of alkyl halides is 3. The average Bonchev–Trinajstić information content (AvgIpc) is 3.20. The summed E-state index contributed by atoms with van der Waals surface area (Å²) in [7, 11) is 0. The molecule has 3 rings (SSSR count). The highest BCUT2D eigenvalue weighted by Gasteiger charge is 2.29. The van der Waals surface area contributed by atoms with Gasteiger partial charge in [0, 0.05) is 9.79 Å². The van der Waals surface area contributed by atoms with Crippen LogP contribution < -0.4 is 0 Å². The Morgan fingerprint density at radius 3 is 2.18 bits per heavy atom. The molecule has 0 atom stereocenters. The second kappa shape index (κ2) is 10.5. The van der Waals surface area contributed by atoms with E-state index in [9.17, 15) is 27.9 Å². The van der Waals surface area contributed by atoms with Crippen molar-refractivity contribution in [2.45, 2.75) is 47.0 Å². The van der Waals surface area contributed by atoms with Crippen LogP contribution in [0.2, 0.25) is 0 Å². The minimum absolute atomic E-state index is 0.0969. The number of rotatable bonds is 9. The summed E-state index contributed by atoms with van der Waals surface area (Å²) in [4.78, 5) is 24.3. The molecule has 0 saturated carbocycles. The van der Waals surface area contributed by atoms with Gasteiger partial charge in [0.1, 0.15) is 17.0 Å². The van der Waals surface area contributed by atoms with Crippen LogP contribution in [0.5, 0.6) is 0 Å². The Morgan fingerprint density at radius 2 is 1.59 bits per heavy atom. The van der Waals surface area contributed by atoms with E-state index in [0.717, 1.165) is 5.56 Å². The van der Waals surface area contributed by atoms with E-state index in [1.54, 1.807) is 56.4 Å². The van der Waals surface area contributed by atoms with Crippen molar-refractivity contribution in [3.05, 3.63) is 71.5 Å². The van der Waals surface area contributed by atoms with Crippen LogP contribution in [0.3, 0.4) is 0 Å². The zero-order valence-corrected chi connectivity index (χ0v) is 19.7. The van der Waals surface area contributed by atoms with Crippen LogP contribution in [0.25, 0.3) is 0 Å². The quantitative estimate of drug-likeness (QED) is 0.308. The summed E-state index contributed by atoms with van der Waals surface area (Å²) in [5, 5.41) is 17.1. The van der Waals surface area contributed by atoms with E-state index in [1.165, 1.54) is 28.6 Å². The van der Waals surface area contributed by atoms with Crippen LogP contribution in [-0.4, -0.2) is 42.3 Å². The van der Waals surface area contributed by atoms with Gasteiger partial charge < -0.3 is 9.84 Å². The van der Waals surface area contributed by atoms with Crippen molar-refractivity contribution in [2.24, 2.45) is 0 Å². The van der Waals surface area contributed by atoms with Gasteiger partial charge in [0.05, 0.1) is 18.3 Å². The van der Waals surface area contributed by atoms with E-state index in [4.69, 9.17) is 4.74 Å². The molecule has 0 aliphatic heterocycles. The predicted molar refractivity (Wildman–Crippen MR) is 121 cm³/mol. The third-order valence-corrected chi connectivity index (χ3v) is 6.35. The number of hydrogen-bond acceptors (Lipinski definition) is 7. The molecule has 2 aromatic carbocycles. The number of carbonyl (C=O) groups excluding carboxylic acids is 1. The number of hydrogen-bond donors (Lipinski definition) is 1. The SMILES string of the molecule is CC(C)(Sc1ccc(C(=O)OCc2cn(Cc3ccc(SC(F)(F)F)cc3)nn2)cc1)C(=O)O. The zero-order chi connectivity index (χ0) is 24.9. The summed E-state index contributed by atoms with van der Waals surface area (Å²) >= 11 is 0.991. The van der Waals surface area contributed by atoms with E-state index < -0.39 is 22.2 Å². The monoisotopic (exact) mass is 511 g/mol. The fourth-order valence-electron chi connectivity index (χ4n) is 2.69. The number of halogens is 3. The van der Waals surface area contributed by atoms with Gasteiger partial charge in [-0.3, -0.25) is 4.79 Å². The molecule has 1 aromatic heterocycles. The molecular formula is C22H20F3N3O4S2. The number of carbonyl (C=O) groups is 2. The summed E-state index contributed by atoms with van der Waals surface area (Å²) in [6, 6.07) is 12.4. The van der Waals surface area contributed by atoms with Crippen molar-refractivity contribution < 1.29 is 32.6 Å². The Labute approximate surface area is 201 Å². The summed E-state index contributed by atoms with van der Waals surface area (Å²) in [6.07, 6.45) is 1.58. The van der Waals surface area contributed by atoms with Crippen molar-refractivity contribution in [2.75, 3.05) is 0 Å². The van der Waals surface area contributed by atoms with Crippen LogP contribution in [0.4, 0.5) is 13.2 Å². The Hall–Kier alpha value is -2.99. The largest absolute Gasteiger partial charge is 0.480 e. The maximum Gasteiger partial charge on any atom is 0.446 e.